The number of aromatic nitrogens is 3. The predicted molar refractivity (Wildman–Crippen MR) is 129 cm³/mol. The van der Waals surface area contributed by atoms with Gasteiger partial charge in [-0.25, -0.2) is 27.2 Å². The topological polar surface area (TPSA) is 115 Å². The van der Waals surface area contributed by atoms with Gasteiger partial charge in [0.2, 0.25) is 17.7 Å². The van der Waals surface area contributed by atoms with Crippen molar-refractivity contribution in [3.05, 3.63) is 60.3 Å². The Morgan fingerprint density at radius 1 is 1.11 bits per heavy atom. The van der Waals surface area contributed by atoms with E-state index in [4.69, 9.17) is 4.74 Å². The number of ether oxygens (including phenoxy) is 1. The lowest BCUT2D eigenvalue weighted by molar-refractivity contribution is -0.119. The van der Waals surface area contributed by atoms with Crippen LogP contribution in [0, 0.1) is 17.6 Å². The van der Waals surface area contributed by atoms with Crippen molar-refractivity contribution in [3.63, 3.8) is 0 Å². The van der Waals surface area contributed by atoms with Gasteiger partial charge in [0.25, 0.3) is 10.0 Å². The Hall–Kier alpha value is -4.06. The number of fused-ring (bicyclic) bond motifs is 3. The Labute approximate surface area is 205 Å². The minimum Gasteiger partial charge on any atom is -0.480 e. The van der Waals surface area contributed by atoms with Gasteiger partial charge in [0.15, 0.2) is 0 Å². The molecule has 0 aliphatic carbocycles. The third kappa shape index (κ3) is 3.92. The minimum atomic E-state index is -4.42. The van der Waals surface area contributed by atoms with E-state index in [0.29, 0.717) is 28.7 Å². The first-order valence-electron chi connectivity index (χ1n) is 10.9. The van der Waals surface area contributed by atoms with Crippen molar-refractivity contribution >= 4 is 38.6 Å². The van der Waals surface area contributed by atoms with Crippen LogP contribution >= 0.6 is 0 Å². The van der Waals surface area contributed by atoms with Crippen LogP contribution in [0.15, 0.2) is 53.6 Å². The van der Waals surface area contributed by atoms with Crippen LogP contribution in [-0.4, -0.2) is 36.0 Å². The Kier molecular flexibility index (Phi) is 5.62. The molecule has 0 saturated heterocycles. The molecule has 36 heavy (non-hydrogen) atoms. The summed E-state index contributed by atoms with van der Waals surface area (Å²) >= 11 is 0. The molecule has 2 aromatic carbocycles. The quantitative estimate of drug-likeness (QED) is 0.397. The van der Waals surface area contributed by atoms with Crippen LogP contribution in [0.4, 0.5) is 20.4 Å². The maximum absolute atomic E-state index is 14.2. The molecule has 186 valence electrons. The number of halogens is 2. The molecule has 2 aromatic heterocycles. The molecule has 0 radical (unpaired) electrons. The Bertz CT molecular complexity index is 1640. The summed E-state index contributed by atoms with van der Waals surface area (Å²) in [5.41, 5.74) is 2.59. The van der Waals surface area contributed by atoms with Crippen molar-refractivity contribution in [1.29, 1.82) is 0 Å². The fourth-order valence-electron chi connectivity index (χ4n) is 4.28. The molecular weight excluding hydrogens is 492 g/mol. The van der Waals surface area contributed by atoms with Gasteiger partial charge in [-0.2, -0.15) is 0 Å². The molecule has 3 heterocycles. The number of carbonyl (C=O) groups excluding carboxylic acids is 1. The molecular formula is C24H21F2N5O4S. The molecule has 0 fully saturated rings. The first-order valence-corrected chi connectivity index (χ1v) is 12.4. The number of rotatable bonds is 6. The summed E-state index contributed by atoms with van der Waals surface area (Å²) in [5, 5.41) is 2.80. The molecule has 1 unspecified atom stereocenters. The normalized spacial score (nSPS) is 15.3. The maximum atomic E-state index is 14.2. The van der Waals surface area contributed by atoms with Crippen LogP contribution in [0.5, 0.6) is 5.88 Å². The van der Waals surface area contributed by atoms with Crippen molar-refractivity contribution < 1.29 is 26.7 Å². The zero-order chi connectivity index (χ0) is 25.8. The van der Waals surface area contributed by atoms with Gasteiger partial charge in [-0.1, -0.05) is 19.9 Å². The summed E-state index contributed by atoms with van der Waals surface area (Å²) in [6.07, 6.45) is 1.50. The first kappa shape index (κ1) is 23.7. The van der Waals surface area contributed by atoms with E-state index < -0.39 is 32.6 Å². The van der Waals surface area contributed by atoms with Crippen molar-refractivity contribution in [2.24, 2.45) is 5.92 Å². The molecule has 1 atom stereocenters. The summed E-state index contributed by atoms with van der Waals surface area (Å²) in [5.74, 6) is -1.79. The van der Waals surface area contributed by atoms with Crippen molar-refractivity contribution in [1.82, 2.24) is 14.5 Å². The van der Waals surface area contributed by atoms with Crippen LogP contribution in [0.1, 0.15) is 19.9 Å². The molecule has 2 N–H and O–H groups in total. The predicted octanol–water partition coefficient (Wildman–Crippen LogP) is 4.34. The highest BCUT2D eigenvalue weighted by atomic mass is 32.2. The van der Waals surface area contributed by atoms with E-state index in [0.717, 1.165) is 17.6 Å². The largest absolute Gasteiger partial charge is 0.480 e. The number of methoxy groups -OCH3 is 1. The highest BCUT2D eigenvalue weighted by Gasteiger charge is 2.35. The van der Waals surface area contributed by atoms with Gasteiger partial charge in [-0.05, 0) is 41.8 Å². The molecule has 0 spiro atoms. The minimum absolute atomic E-state index is 0.0304. The Balaban J connectivity index is 1.57. The zero-order valence-electron chi connectivity index (χ0n) is 19.4. The fraction of sp³-hybridized carbons (Fsp3) is 0.208. The molecule has 0 bridgehead atoms. The second kappa shape index (κ2) is 8.55. The standard InChI is InChI=1S/C24H21F2N5O4S/c1-12(2)21-22(32)29-24-28-17-6-4-13(9-19(17)31(21)24)14-8-18(23(35-3)27-11-14)30-36(33,34)20-7-5-15(25)10-16(20)26/h4-12,21,30H,1-3H3,(H,28,29,32). The average molecular weight is 514 g/mol. The van der Waals surface area contributed by atoms with E-state index in [9.17, 15) is 22.0 Å². The molecule has 0 saturated carbocycles. The van der Waals surface area contributed by atoms with Crippen LogP contribution in [0.2, 0.25) is 0 Å². The summed E-state index contributed by atoms with van der Waals surface area (Å²) in [6.45, 7) is 3.90. The maximum Gasteiger partial charge on any atom is 0.264 e. The second-order valence-corrected chi connectivity index (χ2v) is 10.3. The molecule has 12 heteroatoms. The van der Waals surface area contributed by atoms with Gasteiger partial charge in [-0.15, -0.1) is 0 Å². The Morgan fingerprint density at radius 3 is 2.58 bits per heavy atom. The van der Waals surface area contributed by atoms with E-state index in [2.05, 4.69) is 20.0 Å². The third-order valence-corrected chi connectivity index (χ3v) is 7.31. The third-order valence-electron chi connectivity index (χ3n) is 5.91. The van der Waals surface area contributed by atoms with E-state index in [1.54, 1.807) is 12.1 Å². The van der Waals surface area contributed by atoms with Gasteiger partial charge < -0.3 is 4.74 Å². The lowest BCUT2D eigenvalue weighted by Gasteiger charge is -2.16. The summed E-state index contributed by atoms with van der Waals surface area (Å²) < 4.78 is 62.4. The number of pyridine rings is 1. The number of nitrogens with one attached hydrogen (secondary N) is 2. The highest BCUT2D eigenvalue weighted by molar-refractivity contribution is 7.92. The van der Waals surface area contributed by atoms with Crippen molar-refractivity contribution in [2.75, 3.05) is 17.1 Å². The van der Waals surface area contributed by atoms with Gasteiger partial charge in [-0.3, -0.25) is 19.4 Å². The number of hydrogen-bond donors (Lipinski definition) is 2. The number of imidazole rings is 1. The Morgan fingerprint density at radius 2 is 1.89 bits per heavy atom. The van der Waals surface area contributed by atoms with E-state index in [1.807, 2.05) is 24.5 Å². The van der Waals surface area contributed by atoms with E-state index in [1.165, 1.54) is 19.4 Å². The van der Waals surface area contributed by atoms with Gasteiger partial charge >= 0.3 is 0 Å². The molecule has 1 amide bonds. The van der Waals surface area contributed by atoms with Crippen LogP contribution < -0.4 is 14.8 Å². The molecule has 4 aromatic rings. The fourth-order valence-corrected chi connectivity index (χ4v) is 5.39. The number of benzene rings is 2. The molecule has 1 aliphatic rings. The molecule has 5 rings (SSSR count). The summed E-state index contributed by atoms with van der Waals surface area (Å²) in [6, 6.07) is 8.68. The summed E-state index contributed by atoms with van der Waals surface area (Å²) in [4.78, 5) is 20.4. The van der Waals surface area contributed by atoms with E-state index in [-0.39, 0.29) is 23.4 Å². The number of anilines is 2. The SMILES string of the molecule is COc1ncc(-c2ccc3nc4n(c3c2)C(C(C)C)C(=O)N4)cc1NS(=O)(=O)c1ccc(F)cc1F. The average Bonchev–Trinajstić information content (AvgIpc) is 3.32. The second-order valence-electron chi connectivity index (χ2n) is 8.65. The number of nitrogens with zero attached hydrogens (tertiary/aromatic N) is 3. The van der Waals surface area contributed by atoms with Gasteiger partial charge in [0.05, 0.1) is 18.1 Å². The van der Waals surface area contributed by atoms with Crippen LogP contribution in [-0.2, 0) is 14.8 Å². The molecule has 1 aliphatic heterocycles. The van der Waals surface area contributed by atoms with Crippen molar-refractivity contribution in [2.45, 2.75) is 24.8 Å². The smallest absolute Gasteiger partial charge is 0.264 e. The summed E-state index contributed by atoms with van der Waals surface area (Å²) in [7, 11) is -3.11. The van der Waals surface area contributed by atoms with Gasteiger partial charge in [0, 0.05) is 17.8 Å². The lowest BCUT2D eigenvalue weighted by atomic mass is 10.0. The number of hydrogen-bond acceptors (Lipinski definition) is 6. The number of amides is 1. The van der Waals surface area contributed by atoms with Crippen LogP contribution in [0.3, 0.4) is 0 Å². The lowest BCUT2D eigenvalue weighted by Crippen LogP contribution is -2.20. The number of carbonyl (C=O) groups is 1. The zero-order valence-corrected chi connectivity index (χ0v) is 20.2. The first-order chi connectivity index (χ1) is 17.1. The highest BCUT2D eigenvalue weighted by Crippen LogP contribution is 2.37. The monoisotopic (exact) mass is 513 g/mol. The van der Waals surface area contributed by atoms with Gasteiger partial charge in [0.1, 0.15) is 28.3 Å². The molecule has 9 nitrogen and oxygen atoms in total. The number of sulfonamides is 1. The van der Waals surface area contributed by atoms with Crippen LogP contribution in [0.25, 0.3) is 22.2 Å². The van der Waals surface area contributed by atoms with Crippen molar-refractivity contribution in [3.8, 4) is 17.0 Å². The van der Waals surface area contributed by atoms with E-state index >= 15 is 0 Å².